The Morgan fingerprint density at radius 2 is 1.95 bits per heavy atom. The van der Waals surface area contributed by atoms with Crippen LogP contribution >= 0.6 is 0 Å². The van der Waals surface area contributed by atoms with Gasteiger partial charge in [-0.2, -0.15) is 0 Å². The molecule has 0 amide bonds. The average molecular weight is 290 g/mol. The van der Waals surface area contributed by atoms with Crippen molar-refractivity contribution >= 4 is 5.69 Å². The monoisotopic (exact) mass is 290 g/mol. The molecule has 1 fully saturated rings. The van der Waals surface area contributed by atoms with Crippen LogP contribution in [-0.2, 0) is 6.54 Å². The van der Waals surface area contributed by atoms with Crippen LogP contribution in [0, 0.1) is 12.8 Å². The number of nitrogens with one attached hydrogen (secondary N) is 1. The van der Waals surface area contributed by atoms with Crippen LogP contribution in [0.1, 0.15) is 44.7 Å². The Hall–Kier alpha value is -1.06. The van der Waals surface area contributed by atoms with Gasteiger partial charge in [0.15, 0.2) is 0 Å². The van der Waals surface area contributed by atoms with Gasteiger partial charge in [0.2, 0.25) is 0 Å². The van der Waals surface area contributed by atoms with Gasteiger partial charge in [-0.1, -0.05) is 19.9 Å². The summed E-state index contributed by atoms with van der Waals surface area (Å²) in [7, 11) is 0. The molecular weight excluding hydrogens is 260 g/mol. The van der Waals surface area contributed by atoms with Gasteiger partial charge in [0.25, 0.3) is 0 Å². The van der Waals surface area contributed by atoms with Crippen molar-refractivity contribution in [2.75, 3.05) is 24.5 Å². The van der Waals surface area contributed by atoms with Crippen LogP contribution in [-0.4, -0.2) is 30.3 Å². The molecule has 1 aromatic carbocycles. The Morgan fingerprint density at radius 1 is 1.29 bits per heavy atom. The second-order valence-electron chi connectivity index (χ2n) is 7.12. The Morgan fingerprint density at radius 3 is 2.52 bits per heavy atom. The van der Waals surface area contributed by atoms with E-state index in [0.29, 0.717) is 5.92 Å². The number of nitrogens with zero attached hydrogens (tertiary/aromatic N) is 1. The molecule has 0 spiro atoms. The van der Waals surface area contributed by atoms with E-state index in [4.69, 9.17) is 0 Å². The minimum atomic E-state index is -0.480. The van der Waals surface area contributed by atoms with Crippen LogP contribution in [0.15, 0.2) is 18.2 Å². The van der Waals surface area contributed by atoms with Crippen molar-refractivity contribution in [3.05, 3.63) is 29.3 Å². The molecule has 3 nitrogen and oxygen atoms in total. The van der Waals surface area contributed by atoms with Crippen molar-refractivity contribution < 1.29 is 5.11 Å². The maximum absolute atomic E-state index is 10.0. The number of aryl methyl sites for hydroxylation is 1. The largest absolute Gasteiger partial charge is 0.390 e. The first kappa shape index (κ1) is 16.3. The number of hydrogen-bond donors (Lipinski definition) is 2. The highest BCUT2D eigenvalue weighted by Crippen LogP contribution is 2.27. The quantitative estimate of drug-likeness (QED) is 0.875. The molecule has 0 unspecified atom stereocenters. The van der Waals surface area contributed by atoms with Gasteiger partial charge >= 0.3 is 0 Å². The highest BCUT2D eigenvalue weighted by atomic mass is 16.3. The Bertz CT molecular complexity index is 458. The second kappa shape index (κ2) is 6.80. The van der Waals surface area contributed by atoms with Gasteiger partial charge in [-0.3, -0.25) is 0 Å². The fourth-order valence-electron chi connectivity index (χ4n) is 2.82. The summed E-state index contributed by atoms with van der Waals surface area (Å²) in [5.41, 5.74) is 3.53. The lowest BCUT2D eigenvalue weighted by Crippen LogP contribution is -2.42. The predicted octanol–water partition coefficient (Wildman–Crippen LogP) is 3.09. The van der Waals surface area contributed by atoms with Crippen LogP contribution < -0.4 is 10.2 Å². The summed E-state index contributed by atoms with van der Waals surface area (Å²) in [5.74, 6) is 0.686. The first-order chi connectivity index (χ1) is 9.87. The van der Waals surface area contributed by atoms with E-state index in [2.05, 4.69) is 49.2 Å². The zero-order chi connectivity index (χ0) is 15.5. The molecule has 1 aromatic rings. The van der Waals surface area contributed by atoms with Crippen LogP contribution in [0.3, 0.4) is 0 Å². The Balaban J connectivity index is 1.96. The summed E-state index contributed by atoms with van der Waals surface area (Å²) in [6.45, 7) is 12.5. The molecule has 0 aliphatic carbocycles. The third-order valence-corrected chi connectivity index (χ3v) is 4.40. The van der Waals surface area contributed by atoms with Crippen molar-refractivity contribution in [3.8, 4) is 0 Å². The number of benzene rings is 1. The van der Waals surface area contributed by atoms with Crippen LogP contribution in [0.4, 0.5) is 5.69 Å². The molecule has 1 saturated heterocycles. The second-order valence-corrected chi connectivity index (χ2v) is 7.12. The molecule has 0 radical (unpaired) electrons. The molecule has 21 heavy (non-hydrogen) atoms. The van der Waals surface area contributed by atoms with Crippen molar-refractivity contribution in [1.29, 1.82) is 0 Å². The van der Waals surface area contributed by atoms with Gasteiger partial charge in [-0.15, -0.1) is 0 Å². The van der Waals surface area contributed by atoms with Crippen LogP contribution in [0.5, 0.6) is 0 Å². The fraction of sp³-hybridized carbons (Fsp3) is 0.667. The summed E-state index contributed by atoms with van der Waals surface area (Å²) in [4.78, 5) is 2.39. The third-order valence-electron chi connectivity index (χ3n) is 4.40. The van der Waals surface area contributed by atoms with E-state index in [0.717, 1.165) is 39.0 Å². The van der Waals surface area contributed by atoms with Crippen LogP contribution in [0.25, 0.3) is 0 Å². The molecule has 0 atom stereocenters. The van der Waals surface area contributed by atoms with Gasteiger partial charge in [-0.05, 0) is 62.4 Å². The first-order valence-corrected chi connectivity index (χ1v) is 8.15. The minimum absolute atomic E-state index is 0.480. The number of anilines is 1. The molecule has 1 heterocycles. The lowest BCUT2D eigenvalue weighted by molar-refractivity contribution is 0.0351. The van der Waals surface area contributed by atoms with E-state index < -0.39 is 5.60 Å². The smallest absolute Gasteiger partial charge is 0.0653 e. The number of piperidine rings is 1. The van der Waals surface area contributed by atoms with E-state index in [9.17, 15) is 5.11 Å². The average Bonchev–Trinajstić information content (AvgIpc) is 2.40. The Kier molecular flexibility index (Phi) is 5.28. The molecular formula is C18H30N2O. The number of hydrogen-bond acceptors (Lipinski definition) is 3. The van der Waals surface area contributed by atoms with E-state index >= 15 is 0 Å². The van der Waals surface area contributed by atoms with Crippen molar-refractivity contribution in [2.24, 2.45) is 5.92 Å². The highest BCUT2D eigenvalue weighted by Gasteiger charge is 2.27. The molecule has 2 N–H and O–H groups in total. The standard InChI is InChI=1S/C18H30N2O/c1-14(2)12-19-13-16-5-6-17(11-15(16)3)20-9-7-18(4,21)8-10-20/h5-6,11,14,19,21H,7-10,12-13H2,1-4H3. The predicted molar refractivity (Wildman–Crippen MR) is 89.8 cm³/mol. The molecule has 0 bridgehead atoms. The molecule has 2 rings (SSSR count). The lowest BCUT2D eigenvalue weighted by atomic mass is 9.93. The summed E-state index contributed by atoms with van der Waals surface area (Å²) < 4.78 is 0. The summed E-state index contributed by atoms with van der Waals surface area (Å²) in [6.07, 6.45) is 1.70. The van der Waals surface area contributed by atoms with Crippen LogP contribution in [0.2, 0.25) is 0 Å². The summed E-state index contributed by atoms with van der Waals surface area (Å²) in [5, 5.41) is 13.5. The molecule has 118 valence electrons. The zero-order valence-corrected chi connectivity index (χ0v) is 13.9. The van der Waals surface area contributed by atoms with E-state index in [-0.39, 0.29) is 0 Å². The maximum Gasteiger partial charge on any atom is 0.0653 e. The minimum Gasteiger partial charge on any atom is -0.390 e. The molecule has 1 aliphatic rings. The summed E-state index contributed by atoms with van der Waals surface area (Å²) in [6, 6.07) is 6.75. The normalized spacial score (nSPS) is 18.3. The van der Waals surface area contributed by atoms with Crippen molar-refractivity contribution in [3.63, 3.8) is 0 Å². The lowest BCUT2D eigenvalue weighted by Gasteiger charge is -2.37. The molecule has 0 aromatic heterocycles. The maximum atomic E-state index is 10.0. The molecule has 1 aliphatic heterocycles. The Labute approximate surface area is 129 Å². The van der Waals surface area contributed by atoms with Crippen molar-refractivity contribution in [1.82, 2.24) is 5.32 Å². The van der Waals surface area contributed by atoms with E-state index in [1.54, 1.807) is 0 Å². The number of aliphatic hydroxyl groups is 1. The number of rotatable bonds is 5. The van der Waals surface area contributed by atoms with Crippen molar-refractivity contribution in [2.45, 2.75) is 52.7 Å². The zero-order valence-electron chi connectivity index (χ0n) is 13.9. The van der Waals surface area contributed by atoms with E-state index in [1.807, 2.05) is 6.92 Å². The fourth-order valence-corrected chi connectivity index (χ4v) is 2.82. The molecule has 0 saturated carbocycles. The first-order valence-electron chi connectivity index (χ1n) is 8.15. The SMILES string of the molecule is Cc1cc(N2CCC(C)(O)CC2)ccc1CNCC(C)C. The topological polar surface area (TPSA) is 35.5 Å². The van der Waals surface area contributed by atoms with Gasteiger partial charge in [-0.25, -0.2) is 0 Å². The highest BCUT2D eigenvalue weighted by molar-refractivity contribution is 5.51. The van der Waals surface area contributed by atoms with Gasteiger partial charge in [0.05, 0.1) is 5.60 Å². The third kappa shape index (κ3) is 4.72. The van der Waals surface area contributed by atoms with Gasteiger partial charge in [0.1, 0.15) is 0 Å². The molecule has 3 heteroatoms. The van der Waals surface area contributed by atoms with E-state index in [1.165, 1.54) is 16.8 Å². The van der Waals surface area contributed by atoms with Gasteiger partial charge in [0, 0.05) is 25.3 Å². The van der Waals surface area contributed by atoms with Gasteiger partial charge < -0.3 is 15.3 Å². The summed E-state index contributed by atoms with van der Waals surface area (Å²) >= 11 is 0.